The minimum atomic E-state index is -0.220. The van der Waals surface area contributed by atoms with Crippen LogP contribution in [0.25, 0.3) is 6.08 Å². The Balaban J connectivity index is 2.25. The molecule has 1 aromatic carbocycles. The van der Waals surface area contributed by atoms with Crippen LogP contribution in [0.1, 0.15) is 5.56 Å². The summed E-state index contributed by atoms with van der Waals surface area (Å²) in [4.78, 5) is 15.0. The summed E-state index contributed by atoms with van der Waals surface area (Å²) in [6.45, 7) is 0. The van der Waals surface area contributed by atoms with Crippen molar-refractivity contribution in [2.45, 2.75) is 0 Å². The van der Waals surface area contributed by atoms with E-state index in [4.69, 9.17) is 17.3 Å². The molecule has 2 N–H and O–H groups in total. The third-order valence-electron chi connectivity index (χ3n) is 1.80. The SMILES string of the molecule is NC1=NC(=O)/C(=C\c2ccc(Cl)cc2)[Se]1. The fourth-order valence-electron chi connectivity index (χ4n) is 1.14. The number of carbonyl (C=O) groups excluding carboxylic acids is 1. The van der Waals surface area contributed by atoms with E-state index in [0.717, 1.165) is 5.56 Å². The van der Waals surface area contributed by atoms with Crippen molar-refractivity contribution < 1.29 is 4.79 Å². The van der Waals surface area contributed by atoms with Gasteiger partial charge in [0.2, 0.25) is 0 Å². The second-order valence-corrected chi connectivity index (χ2v) is 5.58. The summed E-state index contributed by atoms with van der Waals surface area (Å²) in [6, 6.07) is 7.27. The van der Waals surface area contributed by atoms with E-state index in [2.05, 4.69) is 4.99 Å². The molecule has 1 heterocycles. The second-order valence-electron chi connectivity index (χ2n) is 2.92. The molecule has 0 saturated heterocycles. The Morgan fingerprint density at radius 2 is 2.00 bits per heavy atom. The first kappa shape index (κ1) is 10.4. The van der Waals surface area contributed by atoms with Crippen molar-refractivity contribution in [3.8, 4) is 0 Å². The summed E-state index contributed by atoms with van der Waals surface area (Å²) in [5, 5.41) is 0.677. The van der Waals surface area contributed by atoms with Crippen molar-refractivity contribution >= 4 is 43.3 Å². The van der Waals surface area contributed by atoms with Crippen LogP contribution in [0.4, 0.5) is 0 Å². The number of hydrogen-bond donors (Lipinski definition) is 1. The molecule has 0 saturated carbocycles. The maximum atomic E-state index is 11.3. The molecule has 15 heavy (non-hydrogen) atoms. The van der Waals surface area contributed by atoms with Gasteiger partial charge in [0.25, 0.3) is 0 Å². The number of rotatable bonds is 1. The molecule has 0 fully saturated rings. The maximum absolute atomic E-state index is 11.3. The van der Waals surface area contributed by atoms with Gasteiger partial charge in [-0.1, -0.05) is 0 Å². The summed E-state index contributed by atoms with van der Waals surface area (Å²) in [5.74, 6) is -0.220. The Kier molecular flexibility index (Phi) is 2.91. The van der Waals surface area contributed by atoms with Gasteiger partial charge in [-0.15, -0.1) is 0 Å². The van der Waals surface area contributed by atoms with Crippen molar-refractivity contribution in [1.29, 1.82) is 0 Å². The average Bonchev–Trinajstić information content (AvgIpc) is 2.49. The normalized spacial score (nSPS) is 18.3. The van der Waals surface area contributed by atoms with Gasteiger partial charge >= 0.3 is 98.1 Å². The summed E-state index contributed by atoms with van der Waals surface area (Å²) in [5.41, 5.74) is 6.43. The van der Waals surface area contributed by atoms with E-state index in [1.807, 2.05) is 18.2 Å². The molecule has 1 aliphatic rings. The summed E-state index contributed by atoms with van der Waals surface area (Å²) < 4.78 is 1.12. The van der Waals surface area contributed by atoms with Crippen LogP contribution in [0.5, 0.6) is 0 Å². The van der Waals surface area contributed by atoms with Gasteiger partial charge in [0.1, 0.15) is 0 Å². The van der Waals surface area contributed by atoms with Gasteiger partial charge < -0.3 is 0 Å². The van der Waals surface area contributed by atoms with Crippen LogP contribution >= 0.6 is 11.6 Å². The van der Waals surface area contributed by atoms with Gasteiger partial charge in [0, 0.05) is 0 Å². The third kappa shape index (κ3) is 2.48. The second kappa shape index (κ2) is 4.19. The monoisotopic (exact) mass is 286 g/mol. The van der Waals surface area contributed by atoms with Gasteiger partial charge in [-0.05, 0) is 0 Å². The zero-order chi connectivity index (χ0) is 10.8. The van der Waals surface area contributed by atoms with Crippen molar-refractivity contribution in [2.24, 2.45) is 10.7 Å². The van der Waals surface area contributed by atoms with Gasteiger partial charge in [0.15, 0.2) is 0 Å². The first-order valence-corrected chi connectivity index (χ1v) is 6.28. The van der Waals surface area contributed by atoms with Gasteiger partial charge in [-0.3, -0.25) is 0 Å². The van der Waals surface area contributed by atoms with E-state index in [0.29, 0.717) is 14.2 Å². The molecule has 0 spiro atoms. The first-order chi connectivity index (χ1) is 7.15. The molecule has 0 unspecified atom stereocenters. The van der Waals surface area contributed by atoms with Gasteiger partial charge in [-0.25, -0.2) is 0 Å². The number of hydrogen-bond acceptors (Lipinski definition) is 2. The molecule has 3 nitrogen and oxygen atoms in total. The number of halogens is 1. The van der Waals surface area contributed by atoms with E-state index in [1.165, 1.54) is 0 Å². The van der Waals surface area contributed by atoms with Crippen molar-refractivity contribution in [3.63, 3.8) is 0 Å². The Morgan fingerprint density at radius 1 is 1.33 bits per heavy atom. The molecule has 0 atom stereocenters. The van der Waals surface area contributed by atoms with Crippen molar-refractivity contribution in [1.82, 2.24) is 0 Å². The van der Waals surface area contributed by atoms with Crippen molar-refractivity contribution in [2.75, 3.05) is 0 Å². The number of carbonyl (C=O) groups is 1. The number of amides is 1. The molecule has 0 aromatic heterocycles. The van der Waals surface area contributed by atoms with E-state index in [9.17, 15) is 4.79 Å². The van der Waals surface area contributed by atoms with Crippen LogP contribution in [0.15, 0.2) is 33.7 Å². The summed E-state index contributed by atoms with van der Waals surface area (Å²) in [7, 11) is 0. The fourth-order valence-corrected chi connectivity index (χ4v) is 2.69. The van der Waals surface area contributed by atoms with Crippen LogP contribution in [-0.2, 0) is 4.79 Å². The number of nitrogens with two attached hydrogens (primary N) is 1. The standard InChI is InChI=1S/C10H7ClN2OSe/c11-7-3-1-6(2-4-7)5-8-9(14)13-10(12)15-8/h1-5H,(H2,12,13,14)/b8-5+. The van der Waals surface area contributed by atoms with E-state index >= 15 is 0 Å². The molecule has 0 bridgehead atoms. The molecule has 1 amide bonds. The molecular formula is C10H7ClN2OSe. The summed E-state index contributed by atoms with van der Waals surface area (Å²) in [6.07, 6.45) is 1.81. The summed E-state index contributed by atoms with van der Waals surface area (Å²) >= 11 is 5.63. The Hall–Kier alpha value is -1.09. The first-order valence-electron chi connectivity index (χ1n) is 4.19. The number of nitrogens with zero attached hydrogens (tertiary/aromatic N) is 1. The molecule has 0 radical (unpaired) electrons. The van der Waals surface area contributed by atoms with Crippen LogP contribution in [0.2, 0.25) is 5.02 Å². The topological polar surface area (TPSA) is 55.4 Å². The zero-order valence-electron chi connectivity index (χ0n) is 7.61. The molecular weight excluding hydrogens is 279 g/mol. The predicted octanol–water partition coefficient (Wildman–Crippen LogP) is 1.24. The Morgan fingerprint density at radius 3 is 2.53 bits per heavy atom. The van der Waals surface area contributed by atoms with E-state index in [-0.39, 0.29) is 20.9 Å². The average molecular weight is 286 g/mol. The van der Waals surface area contributed by atoms with Crippen molar-refractivity contribution in [3.05, 3.63) is 39.3 Å². The molecule has 2 rings (SSSR count). The Bertz CT molecular complexity index is 465. The third-order valence-corrected chi connectivity index (χ3v) is 3.76. The molecule has 1 aliphatic heterocycles. The zero-order valence-corrected chi connectivity index (χ0v) is 10.1. The molecule has 5 heteroatoms. The number of aliphatic imine (C=N–C) groups is 1. The predicted molar refractivity (Wildman–Crippen MR) is 61.8 cm³/mol. The van der Waals surface area contributed by atoms with E-state index in [1.54, 1.807) is 12.1 Å². The fraction of sp³-hybridized carbons (Fsp3) is 0. The van der Waals surface area contributed by atoms with Gasteiger partial charge in [0.05, 0.1) is 0 Å². The molecule has 1 aromatic rings. The Labute approximate surface area is 98.2 Å². The van der Waals surface area contributed by atoms with Crippen LogP contribution in [0.3, 0.4) is 0 Å². The van der Waals surface area contributed by atoms with Crippen LogP contribution in [0, 0.1) is 0 Å². The number of amidine groups is 1. The molecule has 76 valence electrons. The quantitative estimate of drug-likeness (QED) is 0.623. The van der Waals surface area contributed by atoms with Crippen LogP contribution < -0.4 is 5.73 Å². The minimum absolute atomic E-state index is 0.128. The van der Waals surface area contributed by atoms with Gasteiger partial charge in [-0.2, -0.15) is 0 Å². The number of benzene rings is 1. The van der Waals surface area contributed by atoms with Crippen LogP contribution in [-0.4, -0.2) is 25.6 Å². The van der Waals surface area contributed by atoms with E-state index < -0.39 is 0 Å². The molecule has 0 aliphatic carbocycles.